The van der Waals surface area contributed by atoms with Crippen LogP contribution >= 0.6 is 11.6 Å². The van der Waals surface area contributed by atoms with Crippen LogP contribution in [0.15, 0.2) is 72.6 Å². The molecule has 3 aromatic rings. The third-order valence-electron chi connectivity index (χ3n) is 5.00. The summed E-state index contributed by atoms with van der Waals surface area (Å²) in [7, 11) is 1.43. The third-order valence-corrected chi connectivity index (χ3v) is 5.31. The molecule has 1 N–H and O–H groups in total. The van der Waals surface area contributed by atoms with Crippen LogP contribution in [-0.4, -0.2) is 28.9 Å². The summed E-state index contributed by atoms with van der Waals surface area (Å²) in [6.07, 6.45) is 3.04. The number of amides is 1. The Morgan fingerprint density at radius 3 is 2.42 bits per heavy atom. The van der Waals surface area contributed by atoms with E-state index < -0.39 is 23.5 Å². The van der Waals surface area contributed by atoms with Gasteiger partial charge in [0.25, 0.3) is 11.7 Å². The number of Topliss-reactive ketones (excluding diaryl/α,β-unsaturated/α-hetero) is 1. The van der Waals surface area contributed by atoms with E-state index in [1.807, 2.05) is 0 Å². The van der Waals surface area contributed by atoms with Crippen LogP contribution in [0.4, 0.5) is 10.1 Å². The van der Waals surface area contributed by atoms with Crippen molar-refractivity contribution in [3.8, 4) is 5.75 Å². The topological polar surface area (TPSA) is 79.7 Å². The van der Waals surface area contributed by atoms with E-state index in [0.717, 1.165) is 0 Å². The second-order valence-corrected chi connectivity index (χ2v) is 7.18. The fourth-order valence-corrected chi connectivity index (χ4v) is 3.72. The number of nitrogens with zero attached hydrogens (tertiary/aromatic N) is 2. The van der Waals surface area contributed by atoms with Crippen LogP contribution < -0.4 is 9.64 Å². The maximum absolute atomic E-state index is 13.4. The molecule has 2 aromatic carbocycles. The van der Waals surface area contributed by atoms with Gasteiger partial charge in [-0.05, 0) is 60.2 Å². The van der Waals surface area contributed by atoms with Gasteiger partial charge in [0.15, 0.2) is 0 Å². The zero-order valence-corrected chi connectivity index (χ0v) is 17.0. The van der Waals surface area contributed by atoms with Crippen molar-refractivity contribution in [2.24, 2.45) is 0 Å². The highest BCUT2D eigenvalue weighted by molar-refractivity contribution is 6.51. The molecular formula is C23H16ClFN2O4. The Morgan fingerprint density at radius 1 is 1.10 bits per heavy atom. The van der Waals surface area contributed by atoms with Crippen LogP contribution in [-0.2, 0) is 9.59 Å². The molecule has 1 unspecified atom stereocenters. The highest BCUT2D eigenvalue weighted by atomic mass is 35.5. The summed E-state index contributed by atoms with van der Waals surface area (Å²) in [4.78, 5) is 31.2. The number of carbonyl (C=O) groups excluding carboxylic acids is 2. The highest BCUT2D eigenvalue weighted by Crippen LogP contribution is 2.42. The average Bonchev–Trinajstić information content (AvgIpc) is 3.05. The van der Waals surface area contributed by atoms with Gasteiger partial charge in [-0.15, -0.1) is 0 Å². The van der Waals surface area contributed by atoms with Crippen molar-refractivity contribution < 1.29 is 23.8 Å². The monoisotopic (exact) mass is 438 g/mol. The zero-order chi connectivity index (χ0) is 22.1. The molecule has 1 aliphatic heterocycles. The number of ether oxygens (including phenoxy) is 1. The molecule has 0 saturated carbocycles. The molecule has 0 radical (unpaired) electrons. The molecule has 2 heterocycles. The number of carbonyl (C=O) groups is 2. The van der Waals surface area contributed by atoms with Gasteiger partial charge in [-0.2, -0.15) is 0 Å². The maximum atomic E-state index is 13.4. The van der Waals surface area contributed by atoms with E-state index in [-0.39, 0.29) is 16.9 Å². The Hall–Kier alpha value is -3.71. The Morgan fingerprint density at radius 2 is 1.77 bits per heavy atom. The molecule has 1 fully saturated rings. The number of aliphatic hydroxyl groups is 1. The van der Waals surface area contributed by atoms with Gasteiger partial charge in [0.2, 0.25) is 0 Å². The Bertz CT molecular complexity index is 1200. The van der Waals surface area contributed by atoms with Crippen LogP contribution in [0.25, 0.3) is 5.76 Å². The number of hydrogen-bond donors (Lipinski definition) is 1. The SMILES string of the molecule is COc1cc(/C(O)=C2/C(=O)C(=O)N(c3ccc(F)cc3)C2c2ccncc2)ccc1Cl. The van der Waals surface area contributed by atoms with E-state index in [0.29, 0.717) is 22.0 Å². The average molecular weight is 439 g/mol. The van der Waals surface area contributed by atoms with Crippen molar-refractivity contribution in [3.05, 3.63) is 94.5 Å². The molecule has 1 saturated heterocycles. The number of aromatic nitrogens is 1. The molecule has 31 heavy (non-hydrogen) atoms. The standard InChI is InChI=1S/C23H16ClFN2O4/c1-31-18-12-14(2-7-17(18)24)21(28)19-20(13-8-10-26-11-9-13)27(23(30)22(19)29)16-5-3-15(25)4-6-16/h2-12,20,28H,1H3/b21-19-. The minimum Gasteiger partial charge on any atom is -0.507 e. The summed E-state index contributed by atoms with van der Waals surface area (Å²) < 4.78 is 18.6. The molecule has 6 nitrogen and oxygen atoms in total. The fraction of sp³-hybridized carbons (Fsp3) is 0.0870. The van der Waals surface area contributed by atoms with E-state index in [1.54, 1.807) is 12.1 Å². The van der Waals surface area contributed by atoms with Crippen LogP contribution in [0, 0.1) is 5.82 Å². The van der Waals surface area contributed by atoms with Crippen LogP contribution in [0.1, 0.15) is 17.2 Å². The summed E-state index contributed by atoms with van der Waals surface area (Å²) >= 11 is 6.06. The Kier molecular flexibility index (Phi) is 5.44. The lowest BCUT2D eigenvalue weighted by Crippen LogP contribution is -2.29. The van der Waals surface area contributed by atoms with E-state index in [9.17, 15) is 19.1 Å². The maximum Gasteiger partial charge on any atom is 0.300 e. The third kappa shape index (κ3) is 3.64. The van der Waals surface area contributed by atoms with Gasteiger partial charge < -0.3 is 9.84 Å². The van der Waals surface area contributed by atoms with Gasteiger partial charge in [0.1, 0.15) is 17.3 Å². The molecule has 8 heteroatoms. The zero-order valence-electron chi connectivity index (χ0n) is 16.3. The summed E-state index contributed by atoms with van der Waals surface area (Å²) in [5.74, 6) is -2.25. The molecule has 1 amide bonds. The molecular weight excluding hydrogens is 423 g/mol. The van der Waals surface area contributed by atoms with E-state index in [4.69, 9.17) is 16.3 Å². The lowest BCUT2D eigenvalue weighted by atomic mass is 9.95. The first-order valence-electron chi connectivity index (χ1n) is 9.22. The lowest BCUT2D eigenvalue weighted by Gasteiger charge is -2.25. The normalized spacial score (nSPS) is 17.8. The van der Waals surface area contributed by atoms with E-state index >= 15 is 0 Å². The molecule has 156 valence electrons. The number of pyridine rings is 1. The number of benzene rings is 2. The van der Waals surface area contributed by atoms with Gasteiger partial charge >= 0.3 is 0 Å². The van der Waals surface area contributed by atoms with Gasteiger partial charge in [0.05, 0.1) is 23.7 Å². The predicted octanol–water partition coefficient (Wildman–Crippen LogP) is 4.51. The second kappa shape index (κ2) is 8.20. The molecule has 1 aliphatic rings. The number of aliphatic hydroxyl groups excluding tert-OH is 1. The van der Waals surface area contributed by atoms with Crippen molar-refractivity contribution in [1.29, 1.82) is 0 Å². The number of halogens is 2. The highest BCUT2D eigenvalue weighted by Gasteiger charge is 2.47. The lowest BCUT2D eigenvalue weighted by molar-refractivity contribution is -0.132. The van der Waals surface area contributed by atoms with Crippen molar-refractivity contribution in [2.75, 3.05) is 12.0 Å². The van der Waals surface area contributed by atoms with Crippen molar-refractivity contribution in [2.45, 2.75) is 6.04 Å². The van der Waals surface area contributed by atoms with E-state index in [2.05, 4.69) is 4.98 Å². The Balaban J connectivity index is 1.93. The van der Waals surface area contributed by atoms with Gasteiger partial charge in [-0.3, -0.25) is 19.5 Å². The molecule has 0 bridgehead atoms. The first kappa shape index (κ1) is 20.6. The first-order valence-corrected chi connectivity index (χ1v) is 9.60. The van der Waals surface area contributed by atoms with Gasteiger partial charge in [0, 0.05) is 23.6 Å². The van der Waals surface area contributed by atoms with Crippen LogP contribution in [0.2, 0.25) is 5.02 Å². The van der Waals surface area contributed by atoms with E-state index in [1.165, 1.54) is 66.9 Å². The molecule has 0 aliphatic carbocycles. The quantitative estimate of drug-likeness (QED) is 0.368. The number of hydrogen-bond acceptors (Lipinski definition) is 5. The minimum atomic E-state index is -0.935. The molecule has 1 aromatic heterocycles. The smallest absolute Gasteiger partial charge is 0.300 e. The molecule has 1 atom stereocenters. The van der Waals surface area contributed by atoms with Crippen LogP contribution in [0.3, 0.4) is 0 Å². The number of ketones is 1. The predicted molar refractivity (Wildman–Crippen MR) is 113 cm³/mol. The summed E-state index contributed by atoms with van der Waals surface area (Å²) in [5.41, 5.74) is 1.03. The molecule has 4 rings (SSSR count). The van der Waals surface area contributed by atoms with Gasteiger partial charge in [-0.1, -0.05) is 11.6 Å². The molecule has 0 spiro atoms. The number of anilines is 1. The first-order chi connectivity index (χ1) is 14.9. The fourth-order valence-electron chi connectivity index (χ4n) is 3.52. The number of rotatable bonds is 4. The van der Waals surface area contributed by atoms with Crippen molar-refractivity contribution in [1.82, 2.24) is 4.98 Å². The largest absolute Gasteiger partial charge is 0.507 e. The second-order valence-electron chi connectivity index (χ2n) is 6.78. The van der Waals surface area contributed by atoms with Crippen LogP contribution in [0.5, 0.6) is 5.75 Å². The summed E-state index contributed by atoms with van der Waals surface area (Å²) in [5, 5.41) is 11.4. The Labute approximate surface area is 182 Å². The van der Waals surface area contributed by atoms with Crippen molar-refractivity contribution >= 4 is 34.7 Å². The van der Waals surface area contributed by atoms with Gasteiger partial charge in [-0.25, -0.2) is 4.39 Å². The summed E-state index contributed by atoms with van der Waals surface area (Å²) in [6, 6.07) is 12.1. The number of methoxy groups -OCH3 is 1. The summed E-state index contributed by atoms with van der Waals surface area (Å²) in [6.45, 7) is 0. The minimum absolute atomic E-state index is 0.107. The van der Waals surface area contributed by atoms with Crippen molar-refractivity contribution in [3.63, 3.8) is 0 Å².